The van der Waals surface area contributed by atoms with Crippen molar-refractivity contribution in [2.24, 2.45) is 0 Å². The maximum atomic E-state index is 13.0. The molecule has 25 heavy (non-hydrogen) atoms. The standard InChI is InChI=1S/C20H22N4O/c1-14-9-10-21-12-17(14)20(25)23-11-5-6-16(23)13-24-15(2)22-18-7-3-4-8-19(18)24/h3-4,7-10,12,16H,5-6,11,13H2,1-2H3. The maximum Gasteiger partial charge on any atom is 0.255 e. The molecule has 1 amide bonds. The fourth-order valence-electron chi connectivity index (χ4n) is 3.77. The van der Waals surface area contributed by atoms with Crippen LogP contribution < -0.4 is 0 Å². The number of benzene rings is 1. The van der Waals surface area contributed by atoms with Gasteiger partial charge in [0.1, 0.15) is 5.82 Å². The van der Waals surface area contributed by atoms with Crippen molar-refractivity contribution in [3.63, 3.8) is 0 Å². The zero-order valence-electron chi connectivity index (χ0n) is 14.6. The Labute approximate surface area is 147 Å². The Morgan fingerprint density at radius 2 is 2.08 bits per heavy atom. The minimum Gasteiger partial charge on any atom is -0.334 e. The first-order chi connectivity index (χ1) is 12.1. The van der Waals surface area contributed by atoms with Crippen molar-refractivity contribution in [1.82, 2.24) is 19.4 Å². The number of fused-ring (bicyclic) bond motifs is 1. The topological polar surface area (TPSA) is 51.0 Å². The molecule has 0 radical (unpaired) electrons. The average molecular weight is 334 g/mol. The number of aryl methyl sites for hydroxylation is 2. The zero-order chi connectivity index (χ0) is 17.4. The summed E-state index contributed by atoms with van der Waals surface area (Å²) < 4.78 is 2.24. The van der Waals surface area contributed by atoms with E-state index in [2.05, 4.69) is 20.6 Å². The van der Waals surface area contributed by atoms with Crippen molar-refractivity contribution < 1.29 is 4.79 Å². The summed E-state index contributed by atoms with van der Waals surface area (Å²) in [5.41, 5.74) is 3.84. The van der Waals surface area contributed by atoms with Crippen LogP contribution in [-0.2, 0) is 6.54 Å². The van der Waals surface area contributed by atoms with Crippen molar-refractivity contribution in [2.75, 3.05) is 6.54 Å². The summed E-state index contributed by atoms with van der Waals surface area (Å²) in [6, 6.07) is 10.3. The number of amides is 1. The number of aromatic nitrogens is 3. The van der Waals surface area contributed by atoms with Crippen molar-refractivity contribution >= 4 is 16.9 Å². The molecule has 1 unspecified atom stereocenters. The highest BCUT2D eigenvalue weighted by atomic mass is 16.2. The van der Waals surface area contributed by atoms with Crippen LogP contribution in [0.25, 0.3) is 11.0 Å². The van der Waals surface area contributed by atoms with E-state index in [1.165, 1.54) is 0 Å². The third kappa shape index (κ3) is 2.80. The number of carbonyl (C=O) groups is 1. The number of carbonyl (C=O) groups excluding carboxylic acids is 1. The van der Waals surface area contributed by atoms with E-state index in [4.69, 9.17) is 0 Å². The van der Waals surface area contributed by atoms with Crippen LogP contribution in [0.1, 0.15) is 34.6 Å². The Hall–Kier alpha value is -2.69. The Bertz CT molecular complexity index is 930. The van der Waals surface area contributed by atoms with Gasteiger partial charge in [0.25, 0.3) is 5.91 Å². The van der Waals surface area contributed by atoms with Gasteiger partial charge in [0, 0.05) is 25.5 Å². The highest BCUT2D eigenvalue weighted by Gasteiger charge is 2.31. The van der Waals surface area contributed by atoms with Gasteiger partial charge in [0.15, 0.2) is 0 Å². The molecule has 1 fully saturated rings. The molecule has 0 N–H and O–H groups in total. The summed E-state index contributed by atoms with van der Waals surface area (Å²) in [6.45, 7) is 5.60. The van der Waals surface area contributed by atoms with Gasteiger partial charge >= 0.3 is 0 Å². The lowest BCUT2D eigenvalue weighted by atomic mass is 10.1. The lowest BCUT2D eigenvalue weighted by Crippen LogP contribution is -2.38. The maximum absolute atomic E-state index is 13.0. The number of hydrogen-bond acceptors (Lipinski definition) is 3. The molecule has 5 nitrogen and oxygen atoms in total. The van der Waals surface area contributed by atoms with Crippen molar-refractivity contribution in [1.29, 1.82) is 0 Å². The molecule has 5 heteroatoms. The fourth-order valence-corrected chi connectivity index (χ4v) is 3.77. The van der Waals surface area contributed by atoms with E-state index < -0.39 is 0 Å². The van der Waals surface area contributed by atoms with Crippen LogP contribution in [0, 0.1) is 13.8 Å². The number of nitrogens with zero attached hydrogens (tertiary/aromatic N) is 4. The number of imidazole rings is 1. The molecule has 3 heterocycles. The summed E-state index contributed by atoms with van der Waals surface area (Å²) in [5, 5.41) is 0. The van der Waals surface area contributed by atoms with E-state index in [0.29, 0.717) is 5.56 Å². The van der Waals surface area contributed by atoms with Gasteiger partial charge in [-0.2, -0.15) is 0 Å². The number of pyridine rings is 1. The third-order valence-electron chi connectivity index (χ3n) is 5.15. The lowest BCUT2D eigenvalue weighted by Gasteiger charge is -2.26. The number of rotatable bonds is 3. The highest BCUT2D eigenvalue weighted by Crippen LogP contribution is 2.25. The predicted octanol–water partition coefficient (Wildman–Crippen LogP) is 3.35. The van der Waals surface area contributed by atoms with E-state index in [1.807, 2.05) is 43.0 Å². The first-order valence-electron chi connectivity index (χ1n) is 8.78. The quantitative estimate of drug-likeness (QED) is 0.738. The summed E-state index contributed by atoms with van der Waals surface area (Å²) in [6.07, 6.45) is 5.48. The molecule has 0 spiro atoms. The van der Waals surface area contributed by atoms with Crippen LogP contribution in [0.5, 0.6) is 0 Å². The van der Waals surface area contributed by atoms with Gasteiger partial charge in [0.05, 0.1) is 22.6 Å². The summed E-state index contributed by atoms with van der Waals surface area (Å²) >= 11 is 0. The molecule has 3 aromatic rings. The molecule has 128 valence electrons. The van der Waals surface area contributed by atoms with E-state index in [1.54, 1.807) is 12.4 Å². The molecule has 1 aromatic carbocycles. The normalized spacial score (nSPS) is 17.4. The van der Waals surface area contributed by atoms with E-state index in [9.17, 15) is 4.79 Å². The van der Waals surface area contributed by atoms with Gasteiger partial charge in [-0.1, -0.05) is 12.1 Å². The molecule has 0 saturated carbocycles. The molecular weight excluding hydrogens is 312 g/mol. The van der Waals surface area contributed by atoms with Crippen LogP contribution in [-0.4, -0.2) is 37.9 Å². The lowest BCUT2D eigenvalue weighted by molar-refractivity contribution is 0.0723. The molecule has 1 aliphatic heterocycles. The zero-order valence-corrected chi connectivity index (χ0v) is 14.6. The molecule has 4 rings (SSSR count). The summed E-state index contributed by atoms with van der Waals surface area (Å²) in [5.74, 6) is 1.09. The molecule has 0 bridgehead atoms. The van der Waals surface area contributed by atoms with Gasteiger partial charge in [0.2, 0.25) is 0 Å². The molecule has 2 aromatic heterocycles. The smallest absolute Gasteiger partial charge is 0.255 e. The Kier molecular flexibility index (Phi) is 3.99. The van der Waals surface area contributed by atoms with Crippen molar-refractivity contribution in [2.45, 2.75) is 39.3 Å². The van der Waals surface area contributed by atoms with Crippen LogP contribution in [0.4, 0.5) is 0 Å². The third-order valence-corrected chi connectivity index (χ3v) is 5.15. The van der Waals surface area contributed by atoms with Crippen LogP contribution >= 0.6 is 0 Å². The Balaban J connectivity index is 1.63. The minimum atomic E-state index is 0.0928. The number of likely N-dealkylation sites (tertiary alicyclic amines) is 1. The molecular formula is C20H22N4O. The molecule has 1 saturated heterocycles. The largest absolute Gasteiger partial charge is 0.334 e. The Morgan fingerprint density at radius 3 is 2.92 bits per heavy atom. The molecule has 0 aliphatic carbocycles. The summed E-state index contributed by atoms with van der Waals surface area (Å²) in [4.78, 5) is 23.8. The second kappa shape index (κ2) is 6.31. The van der Waals surface area contributed by atoms with Crippen LogP contribution in [0.15, 0.2) is 42.7 Å². The number of hydrogen-bond donors (Lipinski definition) is 0. The van der Waals surface area contributed by atoms with Crippen molar-refractivity contribution in [3.8, 4) is 0 Å². The van der Waals surface area contributed by atoms with Gasteiger partial charge < -0.3 is 9.47 Å². The predicted molar refractivity (Wildman–Crippen MR) is 97.5 cm³/mol. The van der Waals surface area contributed by atoms with Gasteiger partial charge in [-0.05, 0) is 50.5 Å². The van der Waals surface area contributed by atoms with Crippen LogP contribution in [0.2, 0.25) is 0 Å². The SMILES string of the molecule is Cc1ccncc1C(=O)N1CCCC1Cn1c(C)nc2ccccc21. The molecule has 1 aliphatic rings. The summed E-state index contributed by atoms with van der Waals surface area (Å²) in [7, 11) is 0. The monoisotopic (exact) mass is 334 g/mol. The second-order valence-corrected chi connectivity index (χ2v) is 6.74. The molecule has 1 atom stereocenters. The van der Waals surface area contributed by atoms with Gasteiger partial charge in [-0.25, -0.2) is 4.98 Å². The van der Waals surface area contributed by atoms with Crippen LogP contribution in [0.3, 0.4) is 0 Å². The van der Waals surface area contributed by atoms with Crippen molar-refractivity contribution in [3.05, 3.63) is 59.7 Å². The first kappa shape index (κ1) is 15.8. The van der Waals surface area contributed by atoms with Gasteiger partial charge in [-0.15, -0.1) is 0 Å². The average Bonchev–Trinajstić information content (AvgIpc) is 3.20. The number of para-hydroxylation sites is 2. The van der Waals surface area contributed by atoms with E-state index in [0.717, 1.165) is 48.4 Å². The van der Waals surface area contributed by atoms with Gasteiger partial charge in [-0.3, -0.25) is 9.78 Å². The second-order valence-electron chi connectivity index (χ2n) is 6.74. The Morgan fingerprint density at radius 1 is 1.24 bits per heavy atom. The minimum absolute atomic E-state index is 0.0928. The first-order valence-corrected chi connectivity index (χ1v) is 8.78. The fraction of sp³-hybridized carbons (Fsp3) is 0.350. The van der Waals surface area contributed by atoms with E-state index in [-0.39, 0.29) is 11.9 Å². The highest BCUT2D eigenvalue weighted by molar-refractivity contribution is 5.95. The van der Waals surface area contributed by atoms with E-state index >= 15 is 0 Å².